The number of thioether (sulfide) groups is 1. The third-order valence-corrected chi connectivity index (χ3v) is 6.33. The van der Waals surface area contributed by atoms with Gasteiger partial charge in [-0.2, -0.15) is 0 Å². The lowest BCUT2D eigenvalue weighted by molar-refractivity contribution is -0.119. The summed E-state index contributed by atoms with van der Waals surface area (Å²) in [5.74, 6) is 0.778. The molecule has 0 unspecified atom stereocenters. The highest BCUT2D eigenvalue weighted by Crippen LogP contribution is 2.24. The lowest BCUT2D eigenvalue weighted by Gasteiger charge is -2.29. The van der Waals surface area contributed by atoms with Crippen LogP contribution in [-0.2, 0) is 11.3 Å². The average molecular weight is 408 g/mol. The van der Waals surface area contributed by atoms with Crippen molar-refractivity contribution in [1.82, 2.24) is 14.9 Å². The van der Waals surface area contributed by atoms with Crippen LogP contribution in [0.4, 0.5) is 0 Å². The van der Waals surface area contributed by atoms with Crippen molar-refractivity contribution >= 4 is 40.2 Å². The molecule has 0 saturated heterocycles. The van der Waals surface area contributed by atoms with Gasteiger partial charge in [-0.05, 0) is 43.4 Å². The van der Waals surface area contributed by atoms with Gasteiger partial charge in [-0.3, -0.25) is 14.2 Å². The number of nitrogens with one attached hydrogen (secondary N) is 1. The number of hydrogen-bond donors (Lipinski definition) is 1. The molecule has 1 amide bonds. The largest absolute Gasteiger partial charge is 0.352 e. The summed E-state index contributed by atoms with van der Waals surface area (Å²) >= 11 is 7.37. The fourth-order valence-electron chi connectivity index (χ4n) is 3.61. The maximum Gasteiger partial charge on any atom is 0.262 e. The second-order valence-electron chi connectivity index (χ2n) is 7.24. The van der Waals surface area contributed by atoms with Crippen molar-refractivity contribution in [2.24, 2.45) is 5.92 Å². The van der Waals surface area contributed by atoms with Crippen LogP contribution in [0.15, 0.2) is 28.2 Å². The van der Waals surface area contributed by atoms with Crippen LogP contribution in [0.1, 0.15) is 46.0 Å². The third kappa shape index (κ3) is 4.85. The second kappa shape index (κ2) is 9.11. The van der Waals surface area contributed by atoms with E-state index >= 15 is 0 Å². The number of carbonyl (C=O) groups is 1. The minimum atomic E-state index is -0.0812. The molecule has 1 aromatic heterocycles. The Bertz CT molecular complexity index is 883. The van der Waals surface area contributed by atoms with Crippen LogP contribution >= 0.6 is 23.4 Å². The Labute approximate surface area is 168 Å². The first-order valence-corrected chi connectivity index (χ1v) is 11.0. The Kier molecular flexibility index (Phi) is 6.82. The number of rotatable bonds is 6. The molecule has 1 heterocycles. The second-order valence-corrected chi connectivity index (χ2v) is 8.62. The molecule has 1 aliphatic carbocycles. The Hall–Kier alpha value is -1.53. The van der Waals surface area contributed by atoms with Crippen LogP contribution in [-0.4, -0.2) is 27.3 Å². The molecule has 1 aromatic carbocycles. The summed E-state index contributed by atoms with van der Waals surface area (Å²) in [6, 6.07) is 5.37. The molecular formula is C20H26ClN3O2S. The fourth-order valence-corrected chi connectivity index (χ4v) is 4.62. The van der Waals surface area contributed by atoms with Crippen LogP contribution in [0, 0.1) is 5.92 Å². The summed E-state index contributed by atoms with van der Waals surface area (Å²) in [6.07, 6.45) is 5.45. The van der Waals surface area contributed by atoms with Crippen molar-refractivity contribution in [3.8, 4) is 0 Å². The Balaban J connectivity index is 1.77. The van der Waals surface area contributed by atoms with E-state index in [0.717, 1.165) is 12.8 Å². The normalized spacial score (nSPS) is 20.0. The van der Waals surface area contributed by atoms with E-state index in [-0.39, 0.29) is 23.3 Å². The van der Waals surface area contributed by atoms with Gasteiger partial charge in [0.15, 0.2) is 5.16 Å². The van der Waals surface area contributed by atoms with Gasteiger partial charge in [0.25, 0.3) is 5.56 Å². The molecule has 0 radical (unpaired) electrons. The van der Waals surface area contributed by atoms with Crippen LogP contribution in [0.25, 0.3) is 10.9 Å². The molecule has 0 spiro atoms. The van der Waals surface area contributed by atoms with Crippen molar-refractivity contribution in [2.75, 3.05) is 5.75 Å². The number of carbonyl (C=O) groups excluding carboxylic acids is 1. The van der Waals surface area contributed by atoms with Crippen molar-refractivity contribution in [3.63, 3.8) is 0 Å². The first kappa shape index (κ1) is 20.2. The summed E-state index contributed by atoms with van der Waals surface area (Å²) in [7, 11) is 0. The number of hydrogen-bond acceptors (Lipinski definition) is 4. The minimum Gasteiger partial charge on any atom is -0.352 e. The zero-order chi connectivity index (χ0) is 19.4. The van der Waals surface area contributed by atoms with Crippen LogP contribution < -0.4 is 10.9 Å². The molecule has 1 aliphatic rings. The van der Waals surface area contributed by atoms with E-state index in [2.05, 4.69) is 17.2 Å². The predicted molar refractivity (Wildman–Crippen MR) is 112 cm³/mol. The first-order chi connectivity index (χ1) is 13.0. The van der Waals surface area contributed by atoms with E-state index in [0.29, 0.717) is 33.5 Å². The summed E-state index contributed by atoms with van der Waals surface area (Å²) < 4.78 is 1.66. The van der Waals surface area contributed by atoms with Gasteiger partial charge in [-0.1, -0.05) is 50.1 Å². The van der Waals surface area contributed by atoms with Gasteiger partial charge in [0.1, 0.15) is 0 Å². The van der Waals surface area contributed by atoms with Gasteiger partial charge in [0.05, 0.1) is 16.7 Å². The fraction of sp³-hybridized carbons (Fsp3) is 0.550. The van der Waals surface area contributed by atoms with Crippen molar-refractivity contribution < 1.29 is 4.79 Å². The molecular weight excluding hydrogens is 382 g/mol. The number of amides is 1. The third-order valence-electron chi connectivity index (χ3n) is 5.12. The Morgan fingerprint density at radius 1 is 1.37 bits per heavy atom. The van der Waals surface area contributed by atoms with Gasteiger partial charge < -0.3 is 5.32 Å². The summed E-state index contributed by atoms with van der Waals surface area (Å²) in [5, 5.41) is 4.83. The van der Waals surface area contributed by atoms with Crippen LogP contribution in [0.2, 0.25) is 5.02 Å². The van der Waals surface area contributed by atoms with E-state index in [1.807, 2.05) is 6.92 Å². The molecule has 27 heavy (non-hydrogen) atoms. The van der Waals surface area contributed by atoms with E-state index in [1.165, 1.54) is 31.0 Å². The van der Waals surface area contributed by atoms with E-state index < -0.39 is 0 Å². The molecule has 7 heteroatoms. The molecule has 0 bridgehead atoms. The molecule has 146 valence electrons. The van der Waals surface area contributed by atoms with Crippen LogP contribution in [0.5, 0.6) is 0 Å². The summed E-state index contributed by atoms with van der Waals surface area (Å²) in [5.41, 5.74) is 0.492. The molecule has 0 aliphatic heterocycles. The molecule has 1 N–H and O–H groups in total. The topological polar surface area (TPSA) is 64.0 Å². The number of benzene rings is 1. The molecule has 5 nitrogen and oxygen atoms in total. The highest BCUT2D eigenvalue weighted by molar-refractivity contribution is 7.99. The van der Waals surface area contributed by atoms with E-state index in [9.17, 15) is 9.59 Å². The minimum absolute atomic E-state index is 0.00207. The van der Waals surface area contributed by atoms with Gasteiger partial charge >= 0.3 is 0 Å². The SMILES string of the molecule is CCCn1c(SCC(=O)N[C@@H]2CCCC[C@@H]2C)nc2cc(Cl)ccc2c1=O. The summed E-state index contributed by atoms with van der Waals surface area (Å²) in [4.78, 5) is 29.9. The Morgan fingerprint density at radius 3 is 2.89 bits per heavy atom. The lowest BCUT2D eigenvalue weighted by atomic mass is 9.86. The molecule has 2 aromatic rings. The smallest absolute Gasteiger partial charge is 0.262 e. The zero-order valence-electron chi connectivity index (χ0n) is 15.8. The maximum absolute atomic E-state index is 12.8. The highest BCUT2D eigenvalue weighted by Gasteiger charge is 2.23. The number of fused-ring (bicyclic) bond motifs is 1. The van der Waals surface area contributed by atoms with Crippen LogP contribution in [0.3, 0.4) is 0 Å². The lowest BCUT2D eigenvalue weighted by Crippen LogP contribution is -2.41. The van der Waals surface area contributed by atoms with Gasteiger partial charge in [0, 0.05) is 17.6 Å². The molecule has 3 rings (SSSR count). The zero-order valence-corrected chi connectivity index (χ0v) is 17.4. The molecule has 1 fully saturated rings. The van der Waals surface area contributed by atoms with E-state index in [1.54, 1.807) is 22.8 Å². The quantitative estimate of drug-likeness (QED) is 0.574. The van der Waals surface area contributed by atoms with Crippen molar-refractivity contribution in [3.05, 3.63) is 33.6 Å². The molecule has 2 atom stereocenters. The van der Waals surface area contributed by atoms with Gasteiger partial charge in [-0.15, -0.1) is 0 Å². The number of nitrogens with zero attached hydrogens (tertiary/aromatic N) is 2. The standard InChI is InChI=1S/C20H26ClN3O2S/c1-3-10-24-19(26)15-9-8-14(21)11-17(15)23-20(24)27-12-18(25)22-16-7-5-4-6-13(16)2/h8-9,11,13,16H,3-7,10,12H2,1-2H3,(H,22,25)/t13-,16+/m0/s1. The highest BCUT2D eigenvalue weighted by atomic mass is 35.5. The number of aromatic nitrogens is 2. The van der Waals surface area contributed by atoms with Gasteiger partial charge in [0.2, 0.25) is 5.91 Å². The maximum atomic E-state index is 12.8. The average Bonchev–Trinajstić information content (AvgIpc) is 2.64. The van der Waals surface area contributed by atoms with Crippen molar-refractivity contribution in [1.29, 1.82) is 0 Å². The summed E-state index contributed by atoms with van der Waals surface area (Å²) in [6.45, 7) is 4.79. The first-order valence-electron chi connectivity index (χ1n) is 9.62. The molecule has 1 saturated carbocycles. The predicted octanol–water partition coefficient (Wildman–Crippen LogP) is 4.25. The van der Waals surface area contributed by atoms with E-state index in [4.69, 9.17) is 11.6 Å². The number of halogens is 1. The van der Waals surface area contributed by atoms with Gasteiger partial charge in [-0.25, -0.2) is 4.98 Å². The Morgan fingerprint density at radius 2 is 2.15 bits per heavy atom. The monoisotopic (exact) mass is 407 g/mol. The van der Waals surface area contributed by atoms with Crippen molar-refractivity contribution in [2.45, 2.75) is 63.7 Å².